The molecule has 1 aliphatic carbocycles. The Morgan fingerprint density at radius 1 is 1.13 bits per heavy atom. The number of aromatic nitrogens is 2. The van der Waals surface area contributed by atoms with Crippen LogP contribution < -0.4 is 5.32 Å². The molecule has 0 saturated heterocycles. The lowest BCUT2D eigenvalue weighted by atomic mass is 9.70. The third-order valence-corrected chi connectivity index (χ3v) is 5.29. The van der Waals surface area contributed by atoms with E-state index in [0.29, 0.717) is 43.1 Å². The van der Waals surface area contributed by atoms with Gasteiger partial charge in [0.2, 0.25) is 0 Å². The van der Waals surface area contributed by atoms with Crippen LogP contribution in [0.5, 0.6) is 0 Å². The van der Waals surface area contributed by atoms with E-state index < -0.39 is 18.0 Å². The third kappa shape index (κ3) is 4.37. The van der Waals surface area contributed by atoms with Crippen molar-refractivity contribution in [2.45, 2.75) is 30.9 Å². The van der Waals surface area contributed by atoms with E-state index >= 15 is 0 Å². The van der Waals surface area contributed by atoms with Crippen LogP contribution in [0.1, 0.15) is 23.4 Å². The summed E-state index contributed by atoms with van der Waals surface area (Å²) in [5, 5.41) is 2.82. The predicted molar refractivity (Wildman–Crippen MR) is 103 cm³/mol. The highest BCUT2D eigenvalue weighted by Gasteiger charge is 2.38. The maximum Gasteiger partial charge on any atom is 0.393 e. The van der Waals surface area contributed by atoms with Crippen molar-refractivity contribution in [3.05, 3.63) is 83.2 Å². The highest BCUT2D eigenvalue weighted by molar-refractivity contribution is 5.95. The summed E-state index contributed by atoms with van der Waals surface area (Å²) in [5.74, 6) is 0.919. The van der Waals surface area contributed by atoms with Crippen LogP contribution in [0.4, 0.5) is 13.2 Å². The molecule has 1 aromatic heterocycles. The van der Waals surface area contributed by atoms with Crippen LogP contribution in [0.2, 0.25) is 0 Å². The average Bonchev–Trinajstić information content (AvgIpc) is 2.89. The summed E-state index contributed by atoms with van der Waals surface area (Å²) in [6.07, 6.45) is 2.48. The molecule has 4 rings (SSSR count). The Morgan fingerprint density at radius 2 is 1.87 bits per heavy atom. The number of nitrogens with zero attached hydrogens (tertiary/aromatic N) is 2. The first-order valence-corrected chi connectivity index (χ1v) is 9.60. The molecule has 2 heterocycles. The minimum atomic E-state index is -4.27. The lowest BCUT2D eigenvalue weighted by molar-refractivity contribution is -0.127. The molecule has 0 spiro atoms. The van der Waals surface area contributed by atoms with Gasteiger partial charge in [-0.15, -0.1) is 0 Å². The molecule has 0 radical (unpaired) electrons. The standard InChI is InChI=1S/C22H20F3N3O2/c23-22(24,25)12-15-2-4-16(5-3-15)21(14-19-26-8-1-9-27-19)7-6-18-17(13-21)20(29)28-10-11-30-18/h1-9H,10-14H2,(H,28,29). The third-order valence-electron chi connectivity index (χ3n) is 5.29. The molecular formula is C22H20F3N3O2. The minimum Gasteiger partial charge on any atom is -0.491 e. The Kier molecular flexibility index (Phi) is 5.32. The molecule has 1 atom stereocenters. The van der Waals surface area contributed by atoms with Crippen LogP contribution in [0.25, 0.3) is 0 Å². The van der Waals surface area contributed by atoms with Crippen molar-refractivity contribution in [1.29, 1.82) is 0 Å². The van der Waals surface area contributed by atoms with Crippen molar-refractivity contribution in [2.75, 3.05) is 13.2 Å². The number of allylic oxidation sites excluding steroid dienone is 2. The summed E-state index contributed by atoms with van der Waals surface area (Å²) in [4.78, 5) is 21.2. The van der Waals surface area contributed by atoms with Gasteiger partial charge in [-0.3, -0.25) is 4.79 Å². The molecule has 1 N–H and O–H groups in total. The fourth-order valence-electron chi connectivity index (χ4n) is 3.87. The van der Waals surface area contributed by atoms with Crippen LogP contribution in [-0.4, -0.2) is 35.2 Å². The number of halogens is 3. The summed E-state index contributed by atoms with van der Waals surface area (Å²) in [7, 11) is 0. The van der Waals surface area contributed by atoms with E-state index in [2.05, 4.69) is 15.3 Å². The van der Waals surface area contributed by atoms with Gasteiger partial charge in [0.15, 0.2) is 0 Å². The normalized spacial score (nSPS) is 21.5. The first kappa shape index (κ1) is 20.1. The Hall–Kier alpha value is -3.16. The van der Waals surface area contributed by atoms with Crippen molar-refractivity contribution in [3.8, 4) is 0 Å². The maximum atomic E-state index is 12.7. The summed E-state index contributed by atoms with van der Waals surface area (Å²) in [6.45, 7) is 0.802. The van der Waals surface area contributed by atoms with Crippen LogP contribution >= 0.6 is 0 Å². The van der Waals surface area contributed by atoms with Crippen LogP contribution in [0.15, 0.2) is 66.2 Å². The van der Waals surface area contributed by atoms with Crippen molar-refractivity contribution < 1.29 is 22.7 Å². The van der Waals surface area contributed by atoms with Gasteiger partial charge in [0.25, 0.3) is 5.91 Å². The van der Waals surface area contributed by atoms with Gasteiger partial charge in [0, 0.05) is 24.2 Å². The zero-order valence-corrected chi connectivity index (χ0v) is 16.1. The van der Waals surface area contributed by atoms with Crippen molar-refractivity contribution in [2.24, 2.45) is 0 Å². The predicted octanol–water partition coefficient (Wildman–Crippen LogP) is 3.42. The largest absolute Gasteiger partial charge is 0.491 e. The lowest BCUT2D eigenvalue weighted by Crippen LogP contribution is -2.34. The van der Waals surface area contributed by atoms with E-state index in [1.54, 1.807) is 36.7 Å². The zero-order valence-electron chi connectivity index (χ0n) is 16.1. The van der Waals surface area contributed by atoms with Gasteiger partial charge >= 0.3 is 6.18 Å². The molecule has 1 aliphatic heterocycles. The number of hydrogen-bond acceptors (Lipinski definition) is 4. The van der Waals surface area contributed by atoms with Gasteiger partial charge in [-0.05, 0) is 29.7 Å². The Morgan fingerprint density at radius 3 is 2.57 bits per heavy atom. The van der Waals surface area contributed by atoms with E-state index in [0.717, 1.165) is 5.56 Å². The molecular weight excluding hydrogens is 395 g/mol. The quantitative estimate of drug-likeness (QED) is 0.831. The second kappa shape index (κ2) is 7.93. The van der Waals surface area contributed by atoms with E-state index in [1.165, 1.54) is 12.1 Å². The molecule has 0 bridgehead atoms. The zero-order chi connectivity index (χ0) is 21.2. The van der Waals surface area contributed by atoms with E-state index in [1.807, 2.05) is 6.08 Å². The van der Waals surface area contributed by atoms with Crippen LogP contribution in [0, 0.1) is 0 Å². The smallest absolute Gasteiger partial charge is 0.393 e. The number of rotatable bonds is 4. The van der Waals surface area contributed by atoms with Crippen molar-refractivity contribution in [3.63, 3.8) is 0 Å². The highest BCUT2D eigenvalue weighted by atomic mass is 19.4. The Balaban J connectivity index is 1.71. The van der Waals surface area contributed by atoms with E-state index in [-0.39, 0.29) is 11.5 Å². The molecule has 30 heavy (non-hydrogen) atoms. The first-order chi connectivity index (χ1) is 14.3. The topological polar surface area (TPSA) is 64.1 Å². The Bertz CT molecular complexity index is 985. The number of hydrogen-bond donors (Lipinski definition) is 1. The minimum absolute atomic E-state index is 0.188. The molecule has 1 unspecified atom stereocenters. The average molecular weight is 415 g/mol. The van der Waals surface area contributed by atoms with Crippen molar-refractivity contribution >= 4 is 5.91 Å². The number of alkyl halides is 3. The molecule has 2 aromatic rings. The molecule has 0 saturated carbocycles. The molecule has 8 heteroatoms. The van der Waals surface area contributed by atoms with Gasteiger partial charge in [0.05, 0.1) is 18.5 Å². The summed E-state index contributed by atoms with van der Waals surface area (Å²) < 4.78 is 43.9. The van der Waals surface area contributed by atoms with Gasteiger partial charge < -0.3 is 10.1 Å². The number of carbonyl (C=O) groups excluding carboxylic acids is 1. The fourth-order valence-corrected chi connectivity index (χ4v) is 3.87. The van der Waals surface area contributed by atoms with E-state index in [4.69, 9.17) is 4.74 Å². The summed E-state index contributed by atoms with van der Waals surface area (Å²) in [5.41, 5.74) is 0.820. The van der Waals surface area contributed by atoms with Crippen LogP contribution in [-0.2, 0) is 27.8 Å². The van der Waals surface area contributed by atoms with E-state index in [9.17, 15) is 18.0 Å². The first-order valence-electron chi connectivity index (χ1n) is 9.60. The fraction of sp³-hybridized carbons (Fsp3) is 0.318. The van der Waals surface area contributed by atoms with Gasteiger partial charge in [0.1, 0.15) is 18.2 Å². The van der Waals surface area contributed by atoms with Crippen LogP contribution in [0.3, 0.4) is 0 Å². The number of benzene rings is 1. The number of amides is 1. The van der Waals surface area contributed by atoms with Crippen molar-refractivity contribution in [1.82, 2.24) is 15.3 Å². The molecule has 5 nitrogen and oxygen atoms in total. The Labute approximate surface area is 171 Å². The number of nitrogens with one attached hydrogen (secondary N) is 1. The second-order valence-corrected chi connectivity index (χ2v) is 7.44. The molecule has 2 aliphatic rings. The monoisotopic (exact) mass is 415 g/mol. The molecule has 1 aromatic carbocycles. The molecule has 1 amide bonds. The maximum absolute atomic E-state index is 12.7. The van der Waals surface area contributed by atoms with Gasteiger partial charge in [-0.1, -0.05) is 30.3 Å². The second-order valence-electron chi connectivity index (χ2n) is 7.44. The molecule has 156 valence electrons. The summed E-state index contributed by atoms with van der Waals surface area (Å²) in [6, 6.07) is 8.06. The SMILES string of the molecule is O=C1NCCOC2=C1CC(Cc1ncccn1)(c1ccc(CC(F)(F)F)cc1)C=C2. The number of ether oxygens (including phenoxy) is 1. The van der Waals surface area contributed by atoms with Gasteiger partial charge in [-0.2, -0.15) is 13.2 Å². The molecule has 0 fully saturated rings. The lowest BCUT2D eigenvalue weighted by Gasteiger charge is -2.34. The summed E-state index contributed by atoms with van der Waals surface area (Å²) >= 11 is 0. The van der Waals surface area contributed by atoms with Gasteiger partial charge in [-0.25, -0.2) is 9.97 Å². The number of carbonyl (C=O) groups is 1. The highest BCUT2D eigenvalue weighted by Crippen LogP contribution is 2.41.